The summed E-state index contributed by atoms with van der Waals surface area (Å²) in [6, 6.07) is 14.2. The van der Waals surface area contributed by atoms with Crippen LogP contribution in [0.1, 0.15) is 42.6 Å². The van der Waals surface area contributed by atoms with Gasteiger partial charge in [-0.1, -0.05) is 41.9 Å². The lowest BCUT2D eigenvalue weighted by Crippen LogP contribution is -2.52. The minimum atomic E-state index is -1.06. The van der Waals surface area contributed by atoms with E-state index < -0.39 is 11.6 Å². The standard InChI is InChI=1S/C27H34ClN3O5/c1-27(2,35-3)26(34)31-14-8-7-13-29-25(33)22-16-20(28)11-12-23(22)36-18-21(30-24(32)17-31)15-19-9-5-4-6-10-19/h4-6,9-12,16,21H,7-8,13-15,17-18H2,1-3H3,(H,29,33)(H,30,32)/t21-/m1/s1. The number of benzene rings is 2. The molecule has 3 amide bonds. The number of ether oxygens (including phenoxy) is 2. The molecule has 0 saturated carbocycles. The van der Waals surface area contributed by atoms with Crippen LogP contribution in [0.5, 0.6) is 5.75 Å². The molecule has 1 aliphatic heterocycles. The number of carbonyl (C=O) groups is 3. The van der Waals surface area contributed by atoms with E-state index in [0.29, 0.717) is 48.7 Å². The third kappa shape index (κ3) is 7.70. The van der Waals surface area contributed by atoms with Gasteiger partial charge in [-0.15, -0.1) is 0 Å². The number of carbonyl (C=O) groups excluding carboxylic acids is 3. The maximum atomic E-state index is 13.1. The van der Waals surface area contributed by atoms with Gasteiger partial charge in [-0.3, -0.25) is 14.4 Å². The fraction of sp³-hybridized carbons (Fsp3) is 0.444. The van der Waals surface area contributed by atoms with Gasteiger partial charge in [-0.2, -0.15) is 0 Å². The molecule has 36 heavy (non-hydrogen) atoms. The third-order valence-electron chi connectivity index (χ3n) is 6.10. The number of halogens is 1. The lowest BCUT2D eigenvalue weighted by Gasteiger charge is -2.31. The molecule has 2 N–H and O–H groups in total. The first-order chi connectivity index (χ1) is 17.2. The van der Waals surface area contributed by atoms with E-state index in [1.165, 1.54) is 12.0 Å². The molecule has 0 spiro atoms. The molecule has 3 rings (SSSR count). The summed E-state index contributed by atoms with van der Waals surface area (Å²) in [7, 11) is 1.47. The second-order valence-electron chi connectivity index (χ2n) is 9.31. The average Bonchev–Trinajstić information content (AvgIpc) is 2.86. The number of nitrogens with zero attached hydrogens (tertiary/aromatic N) is 1. The average molecular weight is 516 g/mol. The van der Waals surface area contributed by atoms with Crippen molar-refractivity contribution in [3.05, 3.63) is 64.7 Å². The number of hydrogen-bond donors (Lipinski definition) is 2. The van der Waals surface area contributed by atoms with E-state index in [4.69, 9.17) is 21.1 Å². The van der Waals surface area contributed by atoms with Crippen molar-refractivity contribution >= 4 is 29.3 Å². The number of hydrogen-bond acceptors (Lipinski definition) is 5. The Morgan fingerprint density at radius 1 is 1.17 bits per heavy atom. The quantitative estimate of drug-likeness (QED) is 0.651. The van der Waals surface area contributed by atoms with Gasteiger partial charge in [0.1, 0.15) is 18.0 Å². The minimum Gasteiger partial charge on any atom is -0.491 e. The van der Waals surface area contributed by atoms with Gasteiger partial charge < -0.3 is 25.0 Å². The normalized spacial score (nSPS) is 18.1. The number of amides is 3. The highest BCUT2D eigenvalue weighted by molar-refractivity contribution is 6.31. The zero-order valence-corrected chi connectivity index (χ0v) is 21.8. The summed E-state index contributed by atoms with van der Waals surface area (Å²) in [5, 5.41) is 6.34. The van der Waals surface area contributed by atoms with E-state index in [9.17, 15) is 14.4 Å². The van der Waals surface area contributed by atoms with Crippen LogP contribution in [0.15, 0.2) is 48.5 Å². The van der Waals surface area contributed by atoms with Crippen LogP contribution >= 0.6 is 11.6 Å². The lowest BCUT2D eigenvalue weighted by atomic mass is 10.1. The van der Waals surface area contributed by atoms with E-state index in [-0.39, 0.29) is 30.9 Å². The Labute approximate surface area is 217 Å². The molecule has 0 aliphatic carbocycles. The predicted octanol–water partition coefficient (Wildman–Crippen LogP) is 3.22. The molecule has 0 fully saturated rings. The van der Waals surface area contributed by atoms with Crippen molar-refractivity contribution < 1.29 is 23.9 Å². The lowest BCUT2D eigenvalue weighted by molar-refractivity contribution is -0.153. The van der Waals surface area contributed by atoms with Crippen LogP contribution in [-0.2, 0) is 20.7 Å². The molecular formula is C27H34ClN3O5. The van der Waals surface area contributed by atoms with E-state index in [1.54, 1.807) is 32.0 Å². The molecule has 0 radical (unpaired) electrons. The van der Waals surface area contributed by atoms with Gasteiger partial charge in [0.05, 0.1) is 18.2 Å². The van der Waals surface area contributed by atoms with Gasteiger partial charge in [-0.05, 0) is 56.9 Å². The second kappa shape index (κ2) is 12.7. The van der Waals surface area contributed by atoms with E-state index in [0.717, 1.165) is 5.56 Å². The van der Waals surface area contributed by atoms with E-state index >= 15 is 0 Å². The molecule has 0 saturated heterocycles. The Balaban J connectivity index is 1.87. The third-order valence-corrected chi connectivity index (χ3v) is 6.34. The van der Waals surface area contributed by atoms with Gasteiger partial charge in [0.2, 0.25) is 5.91 Å². The van der Waals surface area contributed by atoms with Crippen LogP contribution in [-0.4, -0.2) is 67.6 Å². The summed E-state index contributed by atoms with van der Waals surface area (Å²) in [5.41, 5.74) is 0.290. The van der Waals surface area contributed by atoms with E-state index in [2.05, 4.69) is 10.6 Å². The number of nitrogens with one attached hydrogen (secondary N) is 2. The monoisotopic (exact) mass is 515 g/mol. The van der Waals surface area contributed by atoms with Gasteiger partial charge in [0.25, 0.3) is 11.8 Å². The van der Waals surface area contributed by atoms with Crippen LogP contribution in [0.3, 0.4) is 0 Å². The largest absolute Gasteiger partial charge is 0.491 e. The topological polar surface area (TPSA) is 97.0 Å². The van der Waals surface area contributed by atoms with Crippen LogP contribution in [0.4, 0.5) is 0 Å². The molecule has 8 nitrogen and oxygen atoms in total. The molecule has 1 heterocycles. The van der Waals surface area contributed by atoms with Crippen molar-refractivity contribution in [2.75, 3.05) is 33.4 Å². The molecule has 194 valence electrons. The van der Waals surface area contributed by atoms with Crippen molar-refractivity contribution in [1.29, 1.82) is 0 Å². The van der Waals surface area contributed by atoms with Crippen molar-refractivity contribution in [2.45, 2.75) is 44.8 Å². The Morgan fingerprint density at radius 3 is 2.64 bits per heavy atom. The summed E-state index contributed by atoms with van der Waals surface area (Å²) in [6.07, 6.45) is 1.74. The first kappa shape index (κ1) is 27.5. The van der Waals surface area contributed by atoms with Gasteiger partial charge in [0.15, 0.2) is 0 Å². The second-order valence-corrected chi connectivity index (χ2v) is 9.75. The van der Waals surface area contributed by atoms with Crippen molar-refractivity contribution in [1.82, 2.24) is 15.5 Å². The molecule has 1 aliphatic rings. The highest BCUT2D eigenvalue weighted by Crippen LogP contribution is 2.23. The van der Waals surface area contributed by atoms with Crippen molar-refractivity contribution in [3.8, 4) is 5.75 Å². The number of fused-ring (bicyclic) bond motifs is 1. The molecule has 9 heteroatoms. The minimum absolute atomic E-state index is 0.102. The van der Waals surface area contributed by atoms with Gasteiger partial charge >= 0.3 is 0 Å². The zero-order chi connectivity index (χ0) is 26.1. The zero-order valence-electron chi connectivity index (χ0n) is 21.0. The first-order valence-corrected chi connectivity index (χ1v) is 12.5. The molecule has 2 aromatic rings. The van der Waals surface area contributed by atoms with Gasteiger partial charge in [0, 0.05) is 25.2 Å². The molecule has 0 unspecified atom stereocenters. The molecule has 0 aromatic heterocycles. The molecule has 0 bridgehead atoms. The van der Waals surface area contributed by atoms with Crippen molar-refractivity contribution in [2.24, 2.45) is 0 Å². The molecular weight excluding hydrogens is 482 g/mol. The van der Waals surface area contributed by atoms with Crippen molar-refractivity contribution in [3.63, 3.8) is 0 Å². The predicted molar refractivity (Wildman–Crippen MR) is 138 cm³/mol. The highest BCUT2D eigenvalue weighted by Gasteiger charge is 2.33. The van der Waals surface area contributed by atoms with Crippen LogP contribution in [0, 0.1) is 0 Å². The Kier molecular flexibility index (Phi) is 9.73. The fourth-order valence-corrected chi connectivity index (χ4v) is 4.11. The Morgan fingerprint density at radius 2 is 1.92 bits per heavy atom. The summed E-state index contributed by atoms with van der Waals surface area (Å²) in [6.45, 7) is 4.14. The Bertz CT molecular complexity index is 1060. The maximum absolute atomic E-state index is 13.1. The SMILES string of the molecule is COC(C)(C)C(=O)N1CCCCNC(=O)c2cc(Cl)ccc2OC[C@@H](Cc2ccccc2)NC(=O)C1. The number of methoxy groups -OCH3 is 1. The molecule has 2 aromatic carbocycles. The summed E-state index contributed by atoms with van der Waals surface area (Å²) < 4.78 is 11.4. The van der Waals surface area contributed by atoms with Crippen LogP contribution < -0.4 is 15.4 Å². The summed E-state index contributed by atoms with van der Waals surface area (Å²) in [4.78, 5) is 40.6. The van der Waals surface area contributed by atoms with Gasteiger partial charge in [-0.25, -0.2) is 0 Å². The summed E-state index contributed by atoms with van der Waals surface area (Å²) in [5.74, 6) is -0.469. The fourth-order valence-electron chi connectivity index (χ4n) is 3.94. The van der Waals surface area contributed by atoms with Crippen LogP contribution in [0.25, 0.3) is 0 Å². The smallest absolute Gasteiger partial charge is 0.255 e. The Hall–Kier alpha value is -3.10. The van der Waals surface area contributed by atoms with Crippen LogP contribution in [0.2, 0.25) is 5.02 Å². The maximum Gasteiger partial charge on any atom is 0.255 e. The highest BCUT2D eigenvalue weighted by atomic mass is 35.5. The molecule has 1 atom stereocenters. The number of rotatable bonds is 4. The first-order valence-electron chi connectivity index (χ1n) is 12.1. The summed E-state index contributed by atoms with van der Waals surface area (Å²) >= 11 is 6.15. The van der Waals surface area contributed by atoms with E-state index in [1.807, 2.05) is 30.3 Å².